The van der Waals surface area contributed by atoms with E-state index in [9.17, 15) is 9.59 Å². The van der Waals surface area contributed by atoms with Crippen LogP contribution in [-0.2, 0) is 14.3 Å². The number of morpholine rings is 1. The van der Waals surface area contributed by atoms with Crippen molar-refractivity contribution < 1.29 is 14.3 Å². The molecule has 1 aliphatic heterocycles. The predicted molar refractivity (Wildman–Crippen MR) is 116 cm³/mol. The number of nitrogens with zero attached hydrogens (tertiary/aromatic N) is 1. The summed E-state index contributed by atoms with van der Waals surface area (Å²) in [5, 5.41) is 5.92. The fourth-order valence-corrected chi connectivity index (χ4v) is 3.73. The third-order valence-corrected chi connectivity index (χ3v) is 5.76. The standard InChI is InChI=1S/C23H33N3O3/c1-23(2,21(27)24-13-12-18-8-4-3-5-9-18)22(28)25-19-10-6-7-11-20(19)26-14-16-29-17-15-26/h6-8,10-11H,3-5,9,12-17H2,1-2H3,(H,24,27)(H,25,28). The van der Waals surface area contributed by atoms with E-state index in [0.717, 1.165) is 43.7 Å². The van der Waals surface area contributed by atoms with Crippen molar-refractivity contribution in [2.75, 3.05) is 43.1 Å². The maximum Gasteiger partial charge on any atom is 0.239 e. The molecule has 1 saturated heterocycles. The molecule has 0 radical (unpaired) electrons. The number of anilines is 2. The average Bonchev–Trinajstić information content (AvgIpc) is 2.75. The number of nitrogens with one attached hydrogen (secondary N) is 2. The molecule has 3 rings (SSSR count). The van der Waals surface area contributed by atoms with E-state index in [4.69, 9.17) is 4.74 Å². The topological polar surface area (TPSA) is 70.7 Å². The number of hydrogen-bond acceptors (Lipinski definition) is 4. The summed E-state index contributed by atoms with van der Waals surface area (Å²) in [5.74, 6) is -0.539. The van der Waals surface area contributed by atoms with Crippen molar-refractivity contribution in [3.05, 3.63) is 35.9 Å². The van der Waals surface area contributed by atoms with Crippen LogP contribution in [0.15, 0.2) is 35.9 Å². The maximum atomic E-state index is 12.9. The molecule has 2 aliphatic rings. The van der Waals surface area contributed by atoms with E-state index in [1.54, 1.807) is 13.8 Å². The Labute approximate surface area is 173 Å². The Morgan fingerprint density at radius 1 is 1.10 bits per heavy atom. The zero-order valence-corrected chi connectivity index (χ0v) is 17.6. The van der Waals surface area contributed by atoms with Gasteiger partial charge in [0.2, 0.25) is 11.8 Å². The van der Waals surface area contributed by atoms with E-state index in [1.165, 1.54) is 18.4 Å². The SMILES string of the molecule is CC(C)(C(=O)NCCC1=CCCCC1)C(=O)Nc1ccccc1N1CCOCC1. The van der Waals surface area contributed by atoms with Gasteiger partial charge in [0.25, 0.3) is 0 Å². The first-order valence-electron chi connectivity index (χ1n) is 10.7. The Morgan fingerprint density at radius 3 is 2.59 bits per heavy atom. The van der Waals surface area contributed by atoms with E-state index in [0.29, 0.717) is 19.8 Å². The third-order valence-electron chi connectivity index (χ3n) is 5.76. The van der Waals surface area contributed by atoms with Crippen molar-refractivity contribution in [1.82, 2.24) is 5.32 Å². The van der Waals surface area contributed by atoms with Gasteiger partial charge < -0.3 is 20.3 Å². The fraction of sp³-hybridized carbons (Fsp3) is 0.565. The molecule has 1 heterocycles. The van der Waals surface area contributed by atoms with Crippen LogP contribution in [0.5, 0.6) is 0 Å². The smallest absolute Gasteiger partial charge is 0.239 e. The normalized spacial score (nSPS) is 17.4. The number of carbonyl (C=O) groups is 2. The van der Waals surface area contributed by atoms with Gasteiger partial charge >= 0.3 is 0 Å². The van der Waals surface area contributed by atoms with E-state index in [1.807, 2.05) is 24.3 Å². The van der Waals surface area contributed by atoms with Crippen molar-refractivity contribution in [2.24, 2.45) is 5.41 Å². The number of rotatable bonds is 7. The zero-order valence-electron chi connectivity index (χ0n) is 17.6. The Kier molecular flexibility index (Phi) is 7.31. The number of allylic oxidation sites excluding steroid dienone is 1. The minimum absolute atomic E-state index is 0.240. The van der Waals surface area contributed by atoms with Gasteiger partial charge in [0.15, 0.2) is 0 Å². The van der Waals surface area contributed by atoms with E-state index in [2.05, 4.69) is 21.6 Å². The maximum absolute atomic E-state index is 12.9. The molecule has 6 heteroatoms. The van der Waals surface area contributed by atoms with Gasteiger partial charge in [0.1, 0.15) is 5.41 Å². The summed E-state index contributed by atoms with van der Waals surface area (Å²) in [5.41, 5.74) is 1.95. The summed E-state index contributed by atoms with van der Waals surface area (Å²) in [4.78, 5) is 27.9. The first kappa shape index (κ1) is 21.4. The average molecular weight is 400 g/mol. The highest BCUT2D eigenvalue weighted by Crippen LogP contribution is 2.28. The lowest BCUT2D eigenvalue weighted by Crippen LogP contribution is -2.45. The molecule has 1 aromatic carbocycles. The molecule has 0 aromatic heterocycles. The van der Waals surface area contributed by atoms with Gasteiger partial charge in [0.05, 0.1) is 24.6 Å². The summed E-state index contributed by atoms with van der Waals surface area (Å²) >= 11 is 0. The summed E-state index contributed by atoms with van der Waals surface area (Å²) in [6.45, 7) is 6.84. The molecular formula is C23H33N3O3. The number of para-hydroxylation sites is 2. The van der Waals surface area contributed by atoms with Crippen LogP contribution < -0.4 is 15.5 Å². The second kappa shape index (κ2) is 9.92. The van der Waals surface area contributed by atoms with Gasteiger partial charge in [-0.2, -0.15) is 0 Å². The van der Waals surface area contributed by atoms with Gasteiger partial charge in [-0.25, -0.2) is 0 Å². The highest BCUT2D eigenvalue weighted by molar-refractivity contribution is 6.10. The minimum Gasteiger partial charge on any atom is -0.378 e. The van der Waals surface area contributed by atoms with Gasteiger partial charge in [-0.3, -0.25) is 9.59 Å². The van der Waals surface area contributed by atoms with Crippen molar-refractivity contribution in [1.29, 1.82) is 0 Å². The molecule has 2 amide bonds. The van der Waals surface area contributed by atoms with Crippen LogP contribution in [0.2, 0.25) is 0 Å². The number of amides is 2. The molecular weight excluding hydrogens is 366 g/mol. The first-order chi connectivity index (χ1) is 14.0. The Bertz CT molecular complexity index is 751. The van der Waals surface area contributed by atoms with Crippen LogP contribution in [-0.4, -0.2) is 44.7 Å². The lowest BCUT2D eigenvalue weighted by atomic mass is 9.90. The fourth-order valence-electron chi connectivity index (χ4n) is 3.73. The Morgan fingerprint density at radius 2 is 1.86 bits per heavy atom. The first-order valence-corrected chi connectivity index (χ1v) is 10.7. The van der Waals surface area contributed by atoms with Gasteiger partial charge in [0, 0.05) is 19.6 Å². The van der Waals surface area contributed by atoms with E-state index >= 15 is 0 Å². The molecule has 1 fully saturated rings. The minimum atomic E-state index is -1.15. The quantitative estimate of drug-likeness (QED) is 0.544. The zero-order chi connectivity index (χ0) is 20.7. The van der Waals surface area contributed by atoms with Crippen LogP contribution in [0, 0.1) is 5.41 Å². The van der Waals surface area contributed by atoms with E-state index < -0.39 is 5.41 Å². The van der Waals surface area contributed by atoms with Crippen LogP contribution >= 0.6 is 0 Å². The molecule has 1 aromatic rings. The molecule has 0 atom stereocenters. The number of carbonyl (C=O) groups excluding carboxylic acids is 2. The van der Waals surface area contributed by atoms with Crippen molar-refractivity contribution in [3.63, 3.8) is 0 Å². The lowest BCUT2D eigenvalue weighted by molar-refractivity contribution is -0.138. The van der Waals surface area contributed by atoms with Gasteiger partial charge in [-0.05, 0) is 58.1 Å². The molecule has 29 heavy (non-hydrogen) atoms. The van der Waals surface area contributed by atoms with Gasteiger partial charge in [-0.15, -0.1) is 0 Å². The lowest BCUT2D eigenvalue weighted by Gasteiger charge is -2.31. The van der Waals surface area contributed by atoms with Crippen molar-refractivity contribution in [2.45, 2.75) is 46.0 Å². The molecule has 0 bridgehead atoms. The second-order valence-corrected chi connectivity index (χ2v) is 8.31. The molecule has 0 unspecified atom stereocenters. The second-order valence-electron chi connectivity index (χ2n) is 8.31. The summed E-state index contributed by atoms with van der Waals surface area (Å²) in [7, 11) is 0. The van der Waals surface area contributed by atoms with Crippen LogP contribution in [0.3, 0.4) is 0 Å². The summed E-state index contributed by atoms with van der Waals surface area (Å²) in [6.07, 6.45) is 7.91. The van der Waals surface area contributed by atoms with Gasteiger partial charge in [-0.1, -0.05) is 23.8 Å². The number of hydrogen-bond donors (Lipinski definition) is 2. The molecule has 0 saturated carbocycles. The number of ether oxygens (including phenoxy) is 1. The molecule has 158 valence electrons. The molecule has 2 N–H and O–H groups in total. The third kappa shape index (κ3) is 5.60. The van der Waals surface area contributed by atoms with Crippen molar-refractivity contribution in [3.8, 4) is 0 Å². The van der Waals surface area contributed by atoms with E-state index in [-0.39, 0.29) is 11.8 Å². The highest BCUT2D eigenvalue weighted by Gasteiger charge is 2.36. The monoisotopic (exact) mass is 399 g/mol. The van der Waals surface area contributed by atoms with Crippen LogP contribution in [0.1, 0.15) is 46.0 Å². The summed E-state index contributed by atoms with van der Waals surface area (Å²) < 4.78 is 5.42. The Balaban J connectivity index is 1.58. The largest absolute Gasteiger partial charge is 0.378 e. The predicted octanol–water partition coefficient (Wildman–Crippen LogP) is 3.49. The van der Waals surface area contributed by atoms with Crippen molar-refractivity contribution >= 4 is 23.2 Å². The van der Waals surface area contributed by atoms with Crippen LogP contribution in [0.4, 0.5) is 11.4 Å². The number of benzene rings is 1. The Hall–Kier alpha value is -2.34. The summed E-state index contributed by atoms with van der Waals surface area (Å²) in [6, 6.07) is 7.72. The highest BCUT2D eigenvalue weighted by atomic mass is 16.5. The van der Waals surface area contributed by atoms with Crippen LogP contribution in [0.25, 0.3) is 0 Å². The molecule has 0 spiro atoms. The molecule has 6 nitrogen and oxygen atoms in total. The molecule has 1 aliphatic carbocycles.